The third-order valence-corrected chi connectivity index (χ3v) is 3.83. The second-order valence-corrected chi connectivity index (χ2v) is 4.60. The van der Waals surface area contributed by atoms with E-state index in [1.165, 1.54) is 6.07 Å². The summed E-state index contributed by atoms with van der Waals surface area (Å²) >= 11 is 0.997. The number of anilines is 1. The van der Waals surface area contributed by atoms with Crippen LogP contribution in [0, 0.1) is 12.7 Å². The molecule has 0 fully saturated rings. The molecule has 1 aromatic carbocycles. The Balaban J connectivity index is 2.66. The Labute approximate surface area is 101 Å². The van der Waals surface area contributed by atoms with E-state index >= 15 is 0 Å². The maximum absolute atomic E-state index is 13.6. The monoisotopic (exact) mass is 251 g/mol. The molecule has 0 radical (unpaired) electrons. The third-order valence-electron chi connectivity index (χ3n) is 2.51. The normalized spacial score (nSPS) is 10.5. The summed E-state index contributed by atoms with van der Waals surface area (Å²) in [5.74, 6) is -1.47. The van der Waals surface area contributed by atoms with E-state index in [2.05, 4.69) is 0 Å². The number of hydrogen-bond acceptors (Lipinski definition) is 3. The Bertz CT molecular complexity index is 592. The molecule has 2 aromatic rings. The molecule has 0 unspecified atom stereocenters. The predicted molar refractivity (Wildman–Crippen MR) is 65.8 cm³/mol. The van der Waals surface area contributed by atoms with E-state index < -0.39 is 5.97 Å². The molecule has 88 valence electrons. The SMILES string of the molecule is Cc1c(-c2ccccc2F)sc(C(=O)O)c1N. The quantitative estimate of drug-likeness (QED) is 0.861. The lowest BCUT2D eigenvalue weighted by atomic mass is 10.1. The van der Waals surface area contributed by atoms with E-state index in [1.54, 1.807) is 25.1 Å². The summed E-state index contributed by atoms with van der Waals surface area (Å²) in [6.45, 7) is 1.69. The van der Waals surface area contributed by atoms with E-state index in [4.69, 9.17) is 10.8 Å². The van der Waals surface area contributed by atoms with Crippen molar-refractivity contribution in [1.82, 2.24) is 0 Å². The highest BCUT2D eigenvalue weighted by Crippen LogP contribution is 2.38. The van der Waals surface area contributed by atoms with Gasteiger partial charge in [-0.15, -0.1) is 11.3 Å². The molecule has 2 rings (SSSR count). The van der Waals surface area contributed by atoms with Crippen LogP contribution in [0.2, 0.25) is 0 Å². The van der Waals surface area contributed by atoms with Gasteiger partial charge in [0.15, 0.2) is 0 Å². The number of carboxylic acid groups (broad SMARTS) is 1. The topological polar surface area (TPSA) is 63.3 Å². The zero-order valence-electron chi connectivity index (χ0n) is 9.03. The van der Waals surface area contributed by atoms with Gasteiger partial charge in [0.25, 0.3) is 0 Å². The van der Waals surface area contributed by atoms with E-state index in [0.717, 1.165) is 11.3 Å². The first kappa shape index (κ1) is 11.6. The number of hydrogen-bond donors (Lipinski definition) is 2. The van der Waals surface area contributed by atoms with E-state index in [0.29, 0.717) is 16.0 Å². The van der Waals surface area contributed by atoms with Gasteiger partial charge in [-0.2, -0.15) is 0 Å². The van der Waals surface area contributed by atoms with Crippen LogP contribution in [-0.4, -0.2) is 11.1 Å². The number of aromatic carboxylic acids is 1. The molecule has 0 saturated heterocycles. The number of carboxylic acids is 1. The Morgan fingerprint density at radius 3 is 2.59 bits per heavy atom. The summed E-state index contributed by atoms with van der Waals surface area (Å²) < 4.78 is 13.6. The average molecular weight is 251 g/mol. The minimum Gasteiger partial charge on any atom is -0.477 e. The number of rotatable bonds is 2. The minimum atomic E-state index is -1.09. The summed E-state index contributed by atoms with van der Waals surface area (Å²) in [7, 11) is 0. The predicted octanol–water partition coefficient (Wildman–Crippen LogP) is 3.14. The second-order valence-electron chi connectivity index (χ2n) is 3.58. The van der Waals surface area contributed by atoms with Gasteiger partial charge in [0.2, 0.25) is 0 Å². The standard InChI is InChI=1S/C12H10FNO2S/c1-6-9(14)11(12(15)16)17-10(6)7-4-2-3-5-8(7)13/h2-5H,14H2,1H3,(H,15,16). The molecule has 17 heavy (non-hydrogen) atoms. The summed E-state index contributed by atoms with van der Waals surface area (Å²) in [4.78, 5) is 11.6. The number of benzene rings is 1. The van der Waals surface area contributed by atoms with Gasteiger partial charge < -0.3 is 10.8 Å². The maximum Gasteiger partial charge on any atom is 0.348 e. The van der Waals surface area contributed by atoms with Gasteiger partial charge in [0.1, 0.15) is 10.7 Å². The van der Waals surface area contributed by atoms with Crippen LogP contribution in [-0.2, 0) is 0 Å². The molecule has 0 amide bonds. The lowest BCUT2D eigenvalue weighted by Gasteiger charge is -2.01. The maximum atomic E-state index is 13.6. The van der Waals surface area contributed by atoms with Gasteiger partial charge in [0, 0.05) is 10.4 Å². The Morgan fingerprint density at radius 1 is 1.41 bits per heavy atom. The van der Waals surface area contributed by atoms with Gasteiger partial charge >= 0.3 is 5.97 Å². The fourth-order valence-corrected chi connectivity index (χ4v) is 2.68. The van der Waals surface area contributed by atoms with Gasteiger partial charge in [-0.05, 0) is 18.6 Å². The Morgan fingerprint density at radius 2 is 2.06 bits per heavy atom. The fourth-order valence-electron chi connectivity index (χ4n) is 1.59. The van der Waals surface area contributed by atoms with Crippen LogP contribution in [0.3, 0.4) is 0 Å². The van der Waals surface area contributed by atoms with Crippen LogP contribution in [0.4, 0.5) is 10.1 Å². The number of halogens is 1. The van der Waals surface area contributed by atoms with Crippen LogP contribution in [0.25, 0.3) is 10.4 Å². The first-order valence-corrected chi connectivity index (χ1v) is 5.71. The zero-order chi connectivity index (χ0) is 12.6. The number of carbonyl (C=O) groups is 1. The van der Waals surface area contributed by atoms with E-state index in [9.17, 15) is 9.18 Å². The Kier molecular flexibility index (Phi) is 2.85. The van der Waals surface area contributed by atoms with Crippen LogP contribution >= 0.6 is 11.3 Å². The van der Waals surface area contributed by atoms with E-state index in [-0.39, 0.29) is 16.4 Å². The molecule has 1 aromatic heterocycles. The van der Waals surface area contributed by atoms with Crippen LogP contribution in [0.1, 0.15) is 15.2 Å². The van der Waals surface area contributed by atoms with Crippen molar-refractivity contribution < 1.29 is 14.3 Å². The highest BCUT2D eigenvalue weighted by molar-refractivity contribution is 7.18. The van der Waals surface area contributed by atoms with Crippen molar-refractivity contribution in [2.24, 2.45) is 0 Å². The lowest BCUT2D eigenvalue weighted by molar-refractivity contribution is 0.0703. The minimum absolute atomic E-state index is 0.0563. The van der Waals surface area contributed by atoms with Crippen molar-refractivity contribution in [2.45, 2.75) is 6.92 Å². The van der Waals surface area contributed by atoms with Gasteiger partial charge in [-0.25, -0.2) is 9.18 Å². The first-order chi connectivity index (χ1) is 8.02. The molecule has 3 N–H and O–H groups in total. The summed E-state index contributed by atoms with van der Waals surface area (Å²) in [5, 5.41) is 8.96. The second kappa shape index (κ2) is 4.18. The molecule has 0 bridgehead atoms. The molecule has 1 heterocycles. The van der Waals surface area contributed by atoms with Gasteiger partial charge in [0.05, 0.1) is 5.69 Å². The van der Waals surface area contributed by atoms with Crippen molar-refractivity contribution in [1.29, 1.82) is 0 Å². The van der Waals surface area contributed by atoms with Crippen molar-refractivity contribution >= 4 is 23.0 Å². The average Bonchev–Trinajstić information content (AvgIpc) is 2.57. The molecule has 0 aliphatic heterocycles. The van der Waals surface area contributed by atoms with E-state index in [1.807, 2.05) is 0 Å². The fraction of sp³-hybridized carbons (Fsp3) is 0.0833. The Hall–Kier alpha value is -1.88. The molecule has 0 aliphatic rings. The number of thiophene rings is 1. The third kappa shape index (κ3) is 1.89. The van der Waals surface area contributed by atoms with Crippen LogP contribution in [0.15, 0.2) is 24.3 Å². The van der Waals surface area contributed by atoms with Crippen molar-refractivity contribution in [3.63, 3.8) is 0 Å². The summed E-state index contributed by atoms with van der Waals surface area (Å²) in [6, 6.07) is 6.24. The lowest BCUT2D eigenvalue weighted by Crippen LogP contribution is -1.97. The van der Waals surface area contributed by atoms with Crippen molar-refractivity contribution in [3.8, 4) is 10.4 Å². The molecular weight excluding hydrogens is 241 g/mol. The molecule has 0 atom stereocenters. The molecule has 0 aliphatic carbocycles. The highest BCUT2D eigenvalue weighted by atomic mass is 32.1. The molecule has 0 saturated carbocycles. The highest BCUT2D eigenvalue weighted by Gasteiger charge is 2.20. The largest absolute Gasteiger partial charge is 0.477 e. The van der Waals surface area contributed by atoms with Crippen molar-refractivity contribution in [3.05, 3.63) is 40.5 Å². The van der Waals surface area contributed by atoms with Gasteiger partial charge in [-0.1, -0.05) is 18.2 Å². The van der Waals surface area contributed by atoms with Crippen molar-refractivity contribution in [2.75, 3.05) is 5.73 Å². The summed E-state index contributed by atoms with van der Waals surface area (Å²) in [5.41, 5.74) is 6.90. The zero-order valence-corrected chi connectivity index (χ0v) is 9.84. The number of nitrogens with two attached hydrogens (primary N) is 1. The van der Waals surface area contributed by atoms with Crippen LogP contribution < -0.4 is 5.73 Å². The molecular formula is C12H10FNO2S. The smallest absolute Gasteiger partial charge is 0.348 e. The summed E-state index contributed by atoms with van der Waals surface area (Å²) in [6.07, 6.45) is 0. The molecule has 0 spiro atoms. The number of nitrogen functional groups attached to an aromatic ring is 1. The molecule has 3 nitrogen and oxygen atoms in total. The molecule has 5 heteroatoms. The van der Waals surface area contributed by atoms with Gasteiger partial charge in [-0.3, -0.25) is 0 Å². The van der Waals surface area contributed by atoms with Crippen LogP contribution in [0.5, 0.6) is 0 Å². The first-order valence-electron chi connectivity index (χ1n) is 4.89.